The number of sulfonamides is 1. The summed E-state index contributed by atoms with van der Waals surface area (Å²) in [5.74, 6) is -0.757. The zero-order valence-electron chi connectivity index (χ0n) is 18.0. The summed E-state index contributed by atoms with van der Waals surface area (Å²) in [6.07, 6.45) is -4.68. The summed E-state index contributed by atoms with van der Waals surface area (Å²) >= 11 is 5.80. The minimum absolute atomic E-state index is 0.0850. The van der Waals surface area contributed by atoms with E-state index in [0.717, 1.165) is 12.1 Å². The van der Waals surface area contributed by atoms with Gasteiger partial charge in [0.15, 0.2) is 0 Å². The second-order valence-electron chi connectivity index (χ2n) is 7.71. The fraction of sp³-hybridized carbons (Fsp3) is 0.364. The van der Waals surface area contributed by atoms with Crippen molar-refractivity contribution in [3.8, 4) is 0 Å². The molecule has 7 nitrogen and oxygen atoms in total. The number of hydrogen-bond acceptors (Lipinski definition) is 4. The SMILES string of the molecule is O=C(CCC(=O)N1CCN(S(=O)(=O)c2ccc(Cl)cc2)CC1)NCc1cccc(C(F)(F)F)c1. The molecule has 2 aromatic rings. The maximum absolute atomic E-state index is 12.8. The number of amides is 2. The van der Waals surface area contributed by atoms with Crippen molar-refractivity contribution in [3.05, 3.63) is 64.7 Å². The molecule has 2 aromatic carbocycles. The Bertz CT molecular complexity index is 1130. The normalized spacial score (nSPS) is 15.2. The lowest BCUT2D eigenvalue weighted by molar-refractivity contribution is -0.137. The van der Waals surface area contributed by atoms with Crippen LogP contribution in [0.3, 0.4) is 0 Å². The summed E-state index contributed by atoms with van der Waals surface area (Å²) in [5, 5.41) is 2.94. The molecular weight excluding hydrogens is 495 g/mol. The van der Waals surface area contributed by atoms with Crippen LogP contribution >= 0.6 is 11.6 Å². The van der Waals surface area contributed by atoms with Crippen molar-refractivity contribution in [1.82, 2.24) is 14.5 Å². The van der Waals surface area contributed by atoms with Crippen molar-refractivity contribution in [2.75, 3.05) is 26.2 Å². The summed E-state index contributed by atoms with van der Waals surface area (Å²) in [6.45, 7) is 0.546. The molecule has 1 aliphatic rings. The molecule has 0 unspecified atom stereocenters. The molecule has 1 heterocycles. The van der Waals surface area contributed by atoms with E-state index < -0.39 is 27.7 Å². The van der Waals surface area contributed by atoms with E-state index in [1.165, 1.54) is 45.6 Å². The number of benzene rings is 2. The predicted octanol–water partition coefficient (Wildman–Crippen LogP) is 3.29. The highest BCUT2D eigenvalue weighted by molar-refractivity contribution is 7.89. The molecule has 1 N–H and O–H groups in total. The van der Waals surface area contributed by atoms with Crippen LogP contribution in [-0.2, 0) is 32.3 Å². The Morgan fingerprint density at radius 2 is 1.62 bits per heavy atom. The highest BCUT2D eigenvalue weighted by atomic mass is 35.5. The lowest BCUT2D eigenvalue weighted by Crippen LogP contribution is -2.50. The Balaban J connectivity index is 1.44. The third-order valence-electron chi connectivity index (χ3n) is 5.35. The average Bonchev–Trinajstić information content (AvgIpc) is 2.81. The largest absolute Gasteiger partial charge is 0.416 e. The number of hydrogen-bond donors (Lipinski definition) is 1. The second-order valence-corrected chi connectivity index (χ2v) is 10.1. The molecule has 3 rings (SSSR count). The second kappa shape index (κ2) is 10.7. The summed E-state index contributed by atoms with van der Waals surface area (Å²) < 4.78 is 65.1. The van der Waals surface area contributed by atoms with E-state index in [2.05, 4.69) is 5.32 Å². The number of nitrogens with one attached hydrogen (secondary N) is 1. The van der Waals surface area contributed by atoms with E-state index in [0.29, 0.717) is 10.6 Å². The summed E-state index contributed by atoms with van der Waals surface area (Å²) in [5.41, 5.74) is -0.501. The number of carbonyl (C=O) groups excluding carboxylic acids is 2. The van der Waals surface area contributed by atoms with Crippen molar-refractivity contribution >= 4 is 33.4 Å². The first-order valence-corrected chi connectivity index (χ1v) is 12.2. The molecule has 184 valence electrons. The van der Waals surface area contributed by atoms with Gasteiger partial charge in [-0.2, -0.15) is 17.5 Å². The van der Waals surface area contributed by atoms with Gasteiger partial charge in [-0.3, -0.25) is 9.59 Å². The number of rotatable bonds is 7. The summed E-state index contributed by atoms with van der Waals surface area (Å²) in [7, 11) is -3.70. The van der Waals surface area contributed by atoms with E-state index >= 15 is 0 Å². The Kier molecular flexibility index (Phi) is 8.21. The van der Waals surface area contributed by atoms with Crippen molar-refractivity contribution < 1.29 is 31.2 Å². The van der Waals surface area contributed by atoms with Crippen LogP contribution in [-0.4, -0.2) is 55.6 Å². The first-order chi connectivity index (χ1) is 16.0. The third-order valence-corrected chi connectivity index (χ3v) is 7.52. The minimum atomic E-state index is -4.47. The molecule has 0 aromatic heterocycles. The van der Waals surface area contributed by atoms with Gasteiger partial charge in [0.2, 0.25) is 21.8 Å². The summed E-state index contributed by atoms with van der Waals surface area (Å²) in [6, 6.07) is 10.5. The molecule has 0 aliphatic carbocycles. The van der Waals surface area contributed by atoms with Gasteiger partial charge in [0.25, 0.3) is 0 Å². The molecule has 0 atom stereocenters. The summed E-state index contributed by atoms with van der Waals surface area (Å²) in [4.78, 5) is 26.1. The van der Waals surface area contributed by atoms with Gasteiger partial charge in [-0.15, -0.1) is 0 Å². The molecule has 0 bridgehead atoms. The molecule has 1 saturated heterocycles. The Morgan fingerprint density at radius 3 is 2.24 bits per heavy atom. The molecule has 0 saturated carbocycles. The topological polar surface area (TPSA) is 86.8 Å². The molecule has 12 heteroatoms. The average molecular weight is 518 g/mol. The Labute approximate surface area is 200 Å². The van der Waals surface area contributed by atoms with Crippen molar-refractivity contribution in [3.63, 3.8) is 0 Å². The number of nitrogens with zero attached hydrogens (tertiary/aromatic N) is 2. The highest BCUT2D eigenvalue weighted by Crippen LogP contribution is 2.29. The van der Waals surface area contributed by atoms with Crippen molar-refractivity contribution in [2.24, 2.45) is 0 Å². The quantitative estimate of drug-likeness (QED) is 0.610. The van der Waals surface area contributed by atoms with E-state index in [1.54, 1.807) is 0 Å². The van der Waals surface area contributed by atoms with Gasteiger partial charge in [0.05, 0.1) is 10.5 Å². The van der Waals surface area contributed by atoms with Gasteiger partial charge in [-0.25, -0.2) is 8.42 Å². The van der Waals surface area contributed by atoms with E-state index in [-0.39, 0.29) is 56.4 Å². The van der Waals surface area contributed by atoms with Crippen LogP contribution in [0.2, 0.25) is 5.02 Å². The van der Waals surface area contributed by atoms with Crippen LogP contribution in [0.5, 0.6) is 0 Å². The molecule has 2 amide bonds. The maximum atomic E-state index is 12.8. The van der Waals surface area contributed by atoms with Crippen LogP contribution in [0.1, 0.15) is 24.0 Å². The molecule has 34 heavy (non-hydrogen) atoms. The lowest BCUT2D eigenvalue weighted by Gasteiger charge is -2.34. The van der Waals surface area contributed by atoms with Crippen LogP contribution in [0.4, 0.5) is 13.2 Å². The monoisotopic (exact) mass is 517 g/mol. The van der Waals surface area contributed by atoms with E-state index in [9.17, 15) is 31.2 Å². The predicted molar refractivity (Wildman–Crippen MR) is 119 cm³/mol. The minimum Gasteiger partial charge on any atom is -0.352 e. The zero-order valence-corrected chi connectivity index (χ0v) is 19.6. The molecule has 1 aliphatic heterocycles. The van der Waals surface area contributed by atoms with Crippen molar-refractivity contribution in [1.29, 1.82) is 0 Å². The molecular formula is C22H23ClF3N3O4S. The zero-order chi connectivity index (χ0) is 24.9. The number of piperazine rings is 1. The first kappa shape index (κ1) is 26.0. The molecule has 0 spiro atoms. The van der Waals surface area contributed by atoms with Gasteiger partial charge in [-0.1, -0.05) is 23.7 Å². The van der Waals surface area contributed by atoms with Gasteiger partial charge in [0, 0.05) is 50.6 Å². The first-order valence-electron chi connectivity index (χ1n) is 10.4. The van der Waals surface area contributed by atoms with Gasteiger partial charge >= 0.3 is 6.18 Å². The number of halogens is 4. The van der Waals surface area contributed by atoms with Crippen molar-refractivity contribution in [2.45, 2.75) is 30.5 Å². The number of alkyl halides is 3. The van der Waals surface area contributed by atoms with Crippen LogP contribution in [0.15, 0.2) is 53.4 Å². The standard InChI is InChI=1S/C22H23ClF3N3O4S/c23-18-4-6-19(7-5-18)34(32,33)29-12-10-28(11-13-29)21(31)9-8-20(30)27-15-16-2-1-3-17(14-16)22(24,25)26/h1-7,14H,8-13,15H2,(H,27,30). The number of carbonyl (C=O) groups is 2. The van der Waals surface area contributed by atoms with Crippen LogP contribution < -0.4 is 5.32 Å². The molecule has 0 radical (unpaired) electrons. The smallest absolute Gasteiger partial charge is 0.352 e. The van der Waals surface area contributed by atoms with Gasteiger partial charge in [0.1, 0.15) is 0 Å². The molecule has 1 fully saturated rings. The lowest BCUT2D eigenvalue weighted by atomic mass is 10.1. The maximum Gasteiger partial charge on any atom is 0.416 e. The fourth-order valence-corrected chi connectivity index (χ4v) is 5.01. The van der Waals surface area contributed by atoms with E-state index in [1.807, 2.05) is 0 Å². The fourth-order valence-electron chi connectivity index (χ4n) is 3.46. The van der Waals surface area contributed by atoms with Gasteiger partial charge in [-0.05, 0) is 42.0 Å². The van der Waals surface area contributed by atoms with Gasteiger partial charge < -0.3 is 10.2 Å². The third kappa shape index (κ3) is 6.71. The Hall–Kier alpha value is -2.63. The highest BCUT2D eigenvalue weighted by Gasteiger charge is 2.31. The van der Waals surface area contributed by atoms with E-state index in [4.69, 9.17) is 11.6 Å². The van der Waals surface area contributed by atoms with Crippen LogP contribution in [0, 0.1) is 0 Å². The van der Waals surface area contributed by atoms with Crippen LogP contribution in [0.25, 0.3) is 0 Å². The Morgan fingerprint density at radius 1 is 0.971 bits per heavy atom.